The van der Waals surface area contributed by atoms with E-state index >= 15 is 0 Å². The average Bonchev–Trinajstić information content (AvgIpc) is 2.85. The molecule has 1 amide bonds. The average molecular weight is 378 g/mol. The Kier molecular flexibility index (Phi) is 3.84. The number of amides is 1. The van der Waals surface area contributed by atoms with E-state index in [-0.39, 0.29) is 17.2 Å². The van der Waals surface area contributed by atoms with E-state index in [1.165, 1.54) is 15.7 Å². The summed E-state index contributed by atoms with van der Waals surface area (Å²) in [5, 5.41) is 4.54. The first-order valence-corrected chi connectivity index (χ1v) is 8.19. The number of halogens is 1. The van der Waals surface area contributed by atoms with Gasteiger partial charge in [0.1, 0.15) is 5.69 Å². The van der Waals surface area contributed by atoms with E-state index in [4.69, 9.17) is 0 Å². The summed E-state index contributed by atoms with van der Waals surface area (Å²) in [6.45, 7) is 3.55. The quantitative estimate of drug-likeness (QED) is 0.744. The predicted molar refractivity (Wildman–Crippen MR) is 90.9 cm³/mol. The van der Waals surface area contributed by atoms with Crippen molar-refractivity contribution < 1.29 is 4.79 Å². The summed E-state index contributed by atoms with van der Waals surface area (Å²) in [6, 6.07) is 6.93. The monoisotopic (exact) mass is 377 g/mol. The maximum atomic E-state index is 12.6. The van der Waals surface area contributed by atoms with Crippen LogP contribution < -0.4 is 10.9 Å². The molecule has 0 aliphatic heterocycles. The summed E-state index contributed by atoms with van der Waals surface area (Å²) >= 11 is 4.72. The third-order valence-electron chi connectivity index (χ3n) is 3.27. The van der Waals surface area contributed by atoms with Crippen LogP contribution in [0.25, 0.3) is 4.96 Å². The number of benzene rings is 1. The molecule has 0 saturated carbocycles. The smallest absolute Gasteiger partial charge is 0.282 e. The highest BCUT2D eigenvalue weighted by Crippen LogP contribution is 2.17. The molecule has 0 aliphatic carbocycles. The third-order valence-corrected chi connectivity index (χ3v) is 4.74. The van der Waals surface area contributed by atoms with Crippen molar-refractivity contribution in [3.05, 3.63) is 61.4 Å². The molecule has 7 heteroatoms. The molecule has 0 aliphatic rings. The number of hydrogen-bond donors (Lipinski definition) is 1. The molecule has 0 radical (unpaired) electrons. The van der Waals surface area contributed by atoms with Gasteiger partial charge in [-0.2, -0.15) is 0 Å². The lowest BCUT2D eigenvalue weighted by Gasteiger charge is -2.08. The molecule has 2 heterocycles. The van der Waals surface area contributed by atoms with Crippen LogP contribution in [0.3, 0.4) is 0 Å². The van der Waals surface area contributed by atoms with Crippen LogP contribution in [0.4, 0.5) is 5.69 Å². The topological polar surface area (TPSA) is 63.5 Å². The zero-order valence-corrected chi connectivity index (χ0v) is 14.3. The highest BCUT2D eigenvalue weighted by Gasteiger charge is 2.15. The van der Waals surface area contributed by atoms with Crippen molar-refractivity contribution in [2.75, 3.05) is 5.32 Å². The van der Waals surface area contributed by atoms with E-state index in [0.29, 0.717) is 16.2 Å². The Morgan fingerprint density at radius 1 is 1.27 bits per heavy atom. The van der Waals surface area contributed by atoms with Crippen LogP contribution >= 0.6 is 27.3 Å². The zero-order chi connectivity index (χ0) is 15.9. The van der Waals surface area contributed by atoms with E-state index in [0.717, 1.165) is 10.2 Å². The maximum Gasteiger partial charge on any atom is 0.282 e. The lowest BCUT2D eigenvalue weighted by Crippen LogP contribution is -2.24. The molecule has 0 unspecified atom stereocenters. The minimum Gasteiger partial charge on any atom is -0.316 e. The van der Waals surface area contributed by atoms with Crippen molar-refractivity contribution in [2.24, 2.45) is 0 Å². The summed E-state index contributed by atoms with van der Waals surface area (Å²) in [5.74, 6) is -0.331. The molecule has 22 heavy (non-hydrogen) atoms. The number of carbonyl (C=O) groups is 1. The predicted octanol–water partition coefficient (Wildman–Crippen LogP) is 3.39. The lowest BCUT2D eigenvalue weighted by molar-refractivity contribution is 0.102. The van der Waals surface area contributed by atoms with Gasteiger partial charge in [-0.1, -0.05) is 15.9 Å². The fourth-order valence-corrected chi connectivity index (χ4v) is 3.28. The summed E-state index contributed by atoms with van der Waals surface area (Å²) in [5.41, 5.74) is 1.75. The van der Waals surface area contributed by atoms with Gasteiger partial charge >= 0.3 is 0 Å². The van der Waals surface area contributed by atoms with Gasteiger partial charge in [0.2, 0.25) is 0 Å². The third kappa shape index (κ3) is 2.57. The number of nitrogens with one attached hydrogen (secondary N) is 1. The molecule has 1 aromatic carbocycles. The van der Waals surface area contributed by atoms with Gasteiger partial charge in [-0.15, -0.1) is 11.3 Å². The van der Waals surface area contributed by atoms with Crippen LogP contribution in [0.15, 0.2) is 38.9 Å². The number of aryl methyl sites for hydroxylation is 2. The van der Waals surface area contributed by atoms with E-state index in [1.54, 1.807) is 31.2 Å². The van der Waals surface area contributed by atoms with Crippen LogP contribution in [-0.2, 0) is 0 Å². The second-order valence-electron chi connectivity index (χ2n) is 4.83. The van der Waals surface area contributed by atoms with Crippen molar-refractivity contribution in [3.8, 4) is 0 Å². The fourth-order valence-electron chi connectivity index (χ4n) is 2.11. The van der Waals surface area contributed by atoms with Gasteiger partial charge in [0.05, 0.1) is 5.69 Å². The molecule has 3 rings (SSSR count). The van der Waals surface area contributed by atoms with Gasteiger partial charge in [0.15, 0.2) is 4.96 Å². The van der Waals surface area contributed by atoms with Crippen molar-refractivity contribution in [2.45, 2.75) is 13.8 Å². The summed E-state index contributed by atoms with van der Waals surface area (Å²) in [7, 11) is 0. The van der Waals surface area contributed by atoms with Gasteiger partial charge in [0, 0.05) is 21.1 Å². The van der Waals surface area contributed by atoms with Gasteiger partial charge in [-0.3, -0.25) is 14.0 Å². The Morgan fingerprint density at radius 3 is 2.64 bits per heavy atom. The molecular weight excluding hydrogens is 366 g/mol. The Bertz CT molecular complexity index is 928. The SMILES string of the molecule is Cc1nc2scc(C)n2c(=O)c1NC(=O)c1ccc(Br)cc1. The Hall–Kier alpha value is -1.99. The summed E-state index contributed by atoms with van der Waals surface area (Å²) < 4.78 is 2.40. The zero-order valence-electron chi connectivity index (χ0n) is 11.9. The molecule has 1 N–H and O–H groups in total. The van der Waals surface area contributed by atoms with Crippen molar-refractivity contribution in [3.63, 3.8) is 0 Å². The highest BCUT2D eigenvalue weighted by molar-refractivity contribution is 9.10. The van der Waals surface area contributed by atoms with E-state index in [1.807, 2.05) is 12.3 Å². The minimum atomic E-state index is -0.331. The van der Waals surface area contributed by atoms with Crippen LogP contribution in [0.5, 0.6) is 0 Å². The number of anilines is 1. The number of aromatic nitrogens is 2. The number of hydrogen-bond acceptors (Lipinski definition) is 4. The molecule has 0 saturated heterocycles. The number of fused-ring (bicyclic) bond motifs is 1. The van der Waals surface area contributed by atoms with Gasteiger partial charge < -0.3 is 5.32 Å². The molecule has 0 spiro atoms. The van der Waals surface area contributed by atoms with Gasteiger partial charge in [-0.25, -0.2) is 4.98 Å². The minimum absolute atomic E-state index is 0.215. The number of nitrogens with zero attached hydrogens (tertiary/aromatic N) is 2. The molecule has 0 atom stereocenters. The molecule has 5 nitrogen and oxygen atoms in total. The van der Waals surface area contributed by atoms with E-state index < -0.39 is 0 Å². The lowest BCUT2D eigenvalue weighted by atomic mass is 10.2. The Labute approximate surface area is 138 Å². The van der Waals surface area contributed by atoms with Crippen molar-refractivity contribution >= 4 is 43.8 Å². The van der Waals surface area contributed by atoms with Gasteiger partial charge in [0.25, 0.3) is 11.5 Å². The normalized spacial score (nSPS) is 10.9. The second kappa shape index (κ2) is 5.66. The van der Waals surface area contributed by atoms with Crippen LogP contribution in [0.2, 0.25) is 0 Å². The Morgan fingerprint density at radius 2 is 1.95 bits per heavy atom. The number of thiazole rings is 1. The number of carbonyl (C=O) groups excluding carboxylic acids is 1. The van der Waals surface area contributed by atoms with Crippen LogP contribution in [0, 0.1) is 13.8 Å². The first-order valence-electron chi connectivity index (χ1n) is 6.52. The van der Waals surface area contributed by atoms with E-state index in [9.17, 15) is 9.59 Å². The van der Waals surface area contributed by atoms with E-state index in [2.05, 4.69) is 26.2 Å². The molecule has 112 valence electrons. The van der Waals surface area contributed by atoms with Crippen LogP contribution in [-0.4, -0.2) is 15.3 Å². The molecule has 0 fully saturated rings. The van der Waals surface area contributed by atoms with Crippen LogP contribution in [0.1, 0.15) is 21.7 Å². The molecule has 0 bridgehead atoms. The first-order chi connectivity index (χ1) is 10.5. The molecular formula is C15H12BrN3O2S. The second-order valence-corrected chi connectivity index (χ2v) is 6.59. The largest absolute Gasteiger partial charge is 0.316 e. The van der Waals surface area contributed by atoms with Gasteiger partial charge in [-0.05, 0) is 38.1 Å². The standard InChI is InChI=1S/C15H12BrN3O2S/c1-8-7-22-15-17-9(2)12(14(21)19(8)15)18-13(20)10-3-5-11(16)6-4-10/h3-7H,1-2H3,(H,18,20). The van der Waals surface area contributed by atoms with Crippen molar-refractivity contribution in [1.82, 2.24) is 9.38 Å². The Balaban J connectivity index is 2.03. The molecule has 2 aromatic heterocycles. The highest BCUT2D eigenvalue weighted by atomic mass is 79.9. The number of rotatable bonds is 2. The maximum absolute atomic E-state index is 12.6. The first kappa shape index (κ1) is 14.9. The summed E-state index contributed by atoms with van der Waals surface area (Å²) in [6.07, 6.45) is 0. The fraction of sp³-hybridized carbons (Fsp3) is 0.133. The molecule has 3 aromatic rings. The van der Waals surface area contributed by atoms with Crippen molar-refractivity contribution in [1.29, 1.82) is 0 Å². The summed E-state index contributed by atoms with van der Waals surface area (Å²) in [4.78, 5) is 29.9.